The number of carbonyl (C=O) groups excluding carboxylic acids is 2. The molecule has 148 valence electrons. The molecule has 0 aromatic carbocycles. The second-order valence-electron chi connectivity index (χ2n) is 7.45. The van der Waals surface area contributed by atoms with Crippen LogP contribution in [-0.4, -0.2) is 59.6 Å². The van der Waals surface area contributed by atoms with Crippen LogP contribution in [0.4, 0.5) is 4.79 Å². The van der Waals surface area contributed by atoms with Crippen LogP contribution >= 0.6 is 0 Å². The predicted octanol–water partition coefficient (Wildman–Crippen LogP) is 0.369. The minimum atomic E-state index is -1.50. The molecule has 1 fully saturated rings. The number of nitrogens with zero attached hydrogens (tertiary/aromatic N) is 1. The second-order valence-corrected chi connectivity index (χ2v) is 7.45. The van der Waals surface area contributed by atoms with E-state index in [4.69, 9.17) is 15.3 Å². The minimum absolute atomic E-state index is 0.165. The Balaban J connectivity index is 2.80. The highest BCUT2D eigenvalue weighted by Crippen LogP contribution is 2.37. The number of ether oxygens (including phenoxy) is 2. The van der Waals surface area contributed by atoms with Crippen LogP contribution in [0.1, 0.15) is 33.6 Å². The van der Waals surface area contributed by atoms with Crippen LogP contribution < -0.4 is 16.5 Å². The molecule has 0 spiro atoms. The predicted molar refractivity (Wildman–Crippen MR) is 96.5 cm³/mol. The summed E-state index contributed by atoms with van der Waals surface area (Å²) in [6, 6.07) is 0. The largest absolute Gasteiger partial charge is 0.444 e. The zero-order valence-corrected chi connectivity index (χ0v) is 16.0. The van der Waals surface area contributed by atoms with Gasteiger partial charge >= 0.3 is 6.09 Å². The minimum Gasteiger partial charge on any atom is -0.444 e. The number of aliphatic hydroxyl groups excluding tert-OH is 1. The molecule has 0 aromatic rings. The molecular formula is C17H30N4O5. The maximum atomic E-state index is 12.4. The molecule has 1 unspecified atom stereocenters. The molecule has 1 aliphatic rings. The number of allylic oxidation sites excluding steroid dienone is 1. The van der Waals surface area contributed by atoms with Gasteiger partial charge in [0.1, 0.15) is 5.60 Å². The van der Waals surface area contributed by atoms with E-state index in [0.29, 0.717) is 0 Å². The lowest BCUT2D eigenvalue weighted by atomic mass is 9.70. The Morgan fingerprint density at radius 2 is 2.00 bits per heavy atom. The Hall–Kier alpha value is -2.10. The van der Waals surface area contributed by atoms with Crippen LogP contribution in [0, 0.1) is 0 Å². The average molecular weight is 370 g/mol. The first-order chi connectivity index (χ1) is 11.9. The standard InChI is InChI=1S/C17H30N4O5/c1-11(7-8-21(5)18)19-14(23)13(22)17(9-12(10-17)25-6)20-15(24)26-16(2,3)4/h7-8,12-13,22H,1,9-10,18H2,2-6H3,(H,19,23)(H,20,24)/b8-7-. The van der Waals surface area contributed by atoms with Gasteiger partial charge in [-0.1, -0.05) is 6.58 Å². The van der Waals surface area contributed by atoms with E-state index in [1.165, 1.54) is 24.4 Å². The van der Waals surface area contributed by atoms with Crippen molar-refractivity contribution in [2.24, 2.45) is 5.84 Å². The van der Waals surface area contributed by atoms with Crippen LogP contribution in [0.5, 0.6) is 0 Å². The van der Waals surface area contributed by atoms with Crippen LogP contribution in [0.3, 0.4) is 0 Å². The third-order valence-corrected chi connectivity index (χ3v) is 3.83. The molecule has 9 heteroatoms. The fourth-order valence-electron chi connectivity index (χ4n) is 2.55. The van der Waals surface area contributed by atoms with Crippen molar-refractivity contribution in [1.82, 2.24) is 15.6 Å². The third kappa shape index (κ3) is 6.32. The molecule has 0 bridgehead atoms. The summed E-state index contributed by atoms with van der Waals surface area (Å²) >= 11 is 0. The van der Waals surface area contributed by atoms with Crippen molar-refractivity contribution in [3.8, 4) is 0 Å². The number of methoxy groups -OCH3 is 1. The number of rotatable bonds is 7. The van der Waals surface area contributed by atoms with E-state index in [-0.39, 0.29) is 24.6 Å². The lowest BCUT2D eigenvalue weighted by Gasteiger charge is -2.49. The van der Waals surface area contributed by atoms with E-state index in [0.717, 1.165) is 0 Å². The van der Waals surface area contributed by atoms with Gasteiger partial charge in [0, 0.05) is 38.9 Å². The lowest BCUT2D eigenvalue weighted by Crippen LogP contribution is -2.69. The molecule has 0 heterocycles. The number of carbonyl (C=O) groups is 2. The van der Waals surface area contributed by atoms with Crippen molar-refractivity contribution >= 4 is 12.0 Å². The molecule has 1 rings (SSSR count). The SMILES string of the molecule is C=C(/C=C\N(C)N)NC(=O)C(O)C1(NC(=O)OC(C)(C)C)CC(OC)C1. The molecular weight excluding hydrogens is 340 g/mol. The van der Waals surface area contributed by atoms with Crippen molar-refractivity contribution in [3.05, 3.63) is 24.6 Å². The summed E-state index contributed by atoms with van der Waals surface area (Å²) in [5, 5.41) is 16.9. The van der Waals surface area contributed by atoms with Crippen molar-refractivity contribution in [3.63, 3.8) is 0 Å². The lowest BCUT2D eigenvalue weighted by molar-refractivity contribution is -0.142. The first-order valence-corrected chi connectivity index (χ1v) is 8.26. The monoisotopic (exact) mass is 370 g/mol. The summed E-state index contributed by atoms with van der Waals surface area (Å²) in [4.78, 5) is 24.5. The summed E-state index contributed by atoms with van der Waals surface area (Å²) < 4.78 is 10.4. The molecule has 1 aliphatic carbocycles. The zero-order valence-electron chi connectivity index (χ0n) is 16.0. The highest BCUT2D eigenvalue weighted by atomic mass is 16.6. The Kier molecular flexibility index (Phi) is 7.19. The van der Waals surface area contributed by atoms with Gasteiger partial charge in [0.2, 0.25) is 0 Å². The van der Waals surface area contributed by atoms with Crippen LogP contribution in [0.15, 0.2) is 24.6 Å². The van der Waals surface area contributed by atoms with Crippen molar-refractivity contribution in [2.75, 3.05) is 14.2 Å². The molecule has 5 N–H and O–H groups in total. The Morgan fingerprint density at radius 3 is 2.46 bits per heavy atom. The van der Waals surface area contributed by atoms with Gasteiger partial charge in [0.15, 0.2) is 6.10 Å². The topological polar surface area (TPSA) is 126 Å². The van der Waals surface area contributed by atoms with Gasteiger partial charge in [-0.25, -0.2) is 10.6 Å². The molecule has 0 aliphatic heterocycles. The summed E-state index contributed by atoms with van der Waals surface area (Å²) in [5.74, 6) is 4.75. The van der Waals surface area contributed by atoms with E-state index in [9.17, 15) is 14.7 Å². The van der Waals surface area contributed by atoms with Gasteiger partial charge < -0.3 is 30.2 Å². The number of alkyl carbamates (subject to hydrolysis) is 1. The Labute approximate surface area is 154 Å². The molecule has 26 heavy (non-hydrogen) atoms. The number of nitrogens with two attached hydrogens (primary N) is 1. The number of aliphatic hydroxyl groups is 1. The summed E-state index contributed by atoms with van der Waals surface area (Å²) in [6.45, 7) is 8.85. The van der Waals surface area contributed by atoms with E-state index >= 15 is 0 Å². The number of hydrogen-bond donors (Lipinski definition) is 4. The molecule has 0 aromatic heterocycles. The van der Waals surface area contributed by atoms with Crippen LogP contribution in [-0.2, 0) is 14.3 Å². The van der Waals surface area contributed by atoms with Gasteiger partial charge in [-0.3, -0.25) is 4.79 Å². The van der Waals surface area contributed by atoms with Gasteiger partial charge in [-0.05, 0) is 26.8 Å². The van der Waals surface area contributed by atoms with Crippen molar-refractivity contribution in [2.45, 2.75) is 57.0 Å². The normalized spacial score (nSPS) is 23.7. The first kappa shape index (κ1) is 21.9. The van der Waals surface area contributed by atoms with Crippen LogP contribution in [0.25, 0.3) is 0 Å². The highest BCUT2D eigenvalue weighted by molar-refractivity contribution is 5.85. The number of hydrogen-bond acceptors (Lipinski definition) is 7. The fraction of sp³-hybridized carbons (Fsp3) is 0.647. The number of nitrogens with one attached hydrogen (secondary N) is 2. The smallest absolute Gasteiger partial charge is 0.408 e. The van der Waals surface area contributed by atoms with Gasteiger partial charge in [0.25, 0.3) is 5.91 Å². The molecule has 1 atom stereocenters. The fourth-order valence-corrected chi connectivity index (χ4v) is 2.55. The Bertz CT molecular complexity index is 562. The molecule has 0 radical (unpaired) electrons. The molecule has 0 saturated heterocycles. The number of amides is 2. The quantitative estimate of drug-likeness (QED) is 0.290. The second kappa shape index (κ2) is 8.52. The van der Waals surface area contributed by atoms with Gasteiger partial charge in [-0.2, -0.15) is 0 Å². The summed E-state index contributed by atoms with van der Waals surface area (Å²) in [6.07, 6.45) is 1.17. The third-order valence-electron chi connectivity index (χ3n) is 3.83. The zero-order chi connectivity index (χ0) is 20.1. The maximum Gasteiger partial charge on any atom is 0.408 e. The van der Waals surface area contributed by atoms with Crippen molar-refractivity contribution in [1.29, 1.82) is 0 Å². The Morgan fingerprint density at radius 1 is 1.42 bits per heavy atom. The van der Waals surface area contributed by atoms with E-state index in [1.807, 2.05) is 0 Å². The maximum absolute atomic E-state index is 12.4. The number of hydrazine groups is 1. The average Bonchev–Trinajstić information content (AvgIpc) is 2.45. The van der Waals surface area contributed by atoms with Crippen molar-refractivity contribution < 1.29 is 24.2 Å². The molecule has 2 amide bonds. The summed E-state index contributed by atoms with van der Waals surface area (Å²) in [5.41, 5.74) is -1.61. The molecule has 9 nitrogen and oxygen atoms in total. The van der Waals surface area contributed by atoms with Gasteiger partial charge in [0.05, 0.1) is 11.6 Å². The van der Waals surface area contributed by atoms with Gasteiger partial charge in [-0.15, -0.1) is 0 Å². The van der Waals surface area contributed by atoms with E-state index in [2.05, 4.69) is 17.2 Å². The van der Waals surface area contributed by atoms with Crippen LogP contribution in [0.2, 0.25) is 0 Å². The highest BCUT2D eigenvalue weighted by Gasteiger charge is 2.54. The van der Waals surface area contributed by atoms with E-state index < -0.39 is 29.2 Å². The van der Waals surface area contributed by atoms with E-state index in [1.54, 1.807) is 27.8 Å². The molecule has 1 saturated carbocycles. The first-order valence-electron chi connectivity index (χ1n) is 8.26. The summed E-state index contributed by atoms with van der Waals surface area (Å²) in [7, 11) is 3.14.